The normalized spacial score (nSPS) is 10.7. The second-order valence-corrected chi connectivity index (χ2v) is 7.09. The van der Waals surface area contributed by atoms with Crippen LogP contribution in [0.4, 0.5) is 10.1 Å². The standard InChI is InChI=1S/C19H18ClFN4O2S/c1-2-25-17(11-27-16-9-4-3-8-15(16)21)23-24-19(25)28-12-18(26)22-14-7-5-6-13(20)10-14/h3-10H,2,11-12H2,1H3,(H,22,26). The third-order valence-corrected chi connectivity index (χ3v) is 4.95. The lowest BCUT2D eigenvalue weighted by molar-refractivity contribution is -0.113. The number of anilines is 1. The Hall–Kier alpha value is -2.58. The number of thioether (sulfide) groups is 1. The number of para-hydroxylation sites is 1. The molecule has 0 atom stereocenters. The Balaban J connectivity index is 1.58. The number of ether oxygens (including phenoxy) is 1. The van der Waals surface area contributed by atoms with Crippen LogP contribution in [0, 0.1) is 5.82 Å². The van der Waals surface area contributed by atoms with E-state index in [0.29, 0.717) is 28.2 Å². The van der Waals surface area contributed by atoms with Crippen LogP contribution in [0.3, 0.4) is 0 Å². The van der Waals surface area contributed by atoms with Gasteiger partial charge in [0, 0.05) is 17.3 Å². The Labute approximate surface area is 171 Å². The second-order valence-electron chi connectivity index (χ2n) is 5.71. The van der Waals surface area contributed by atoms with E-state index in [-0.39, 0.29) is 24.0 Å². The number of carbonyl (C=O) groups is 1. The fourth-order valence-electron chi connectivity index (χ4n) is 2.45. The fraction of sp³-hybridized carbons (Fsp3) is 0.211. The zero-order chi connectivity index (χ0) is 19.9. The molecule has 1 aromatic heterocycles. The van der Waals surface area contributed by atoms with Crippen LogP contribution in [0.1, 0.15) is 12.7 Å². The molecule has 2 aromatic carbocycles. The lowest BCUT2D eigenvalue weighted by atomic mass is 10.3. The molecule has 0 aliphatic carbocycles. The lowest BCUT2D eigenvalue weighted by Crippen LogP contribution is -2.15. The van der Waals surface area contributed by atoms with E-state index in [1.54, 1.807) is 42.5 Å². The van der Waals surface area contributed by atoms with Crippen LogP contribution in [0.15, 0.2) is 53.7 Å². The largest absolute Gasteiger partial charge is 0.483 e. The summed E-state index contributed by atoms with van der Waals surface area (Å²) in [5.41, 5.74) is 0.633. The van der Waals surface area contributed by atoms with E-state index in [1.807, 2.05) is 11.5 Å². The van der Waals surface area contributed by atoms with Crippen LogP contribution in [-0.2, 0) is 17.9 Å². The molecule has 0 bridgehead atoms. The summed E-state index contributed by atoms with van der Waals surface area (Å²) in [5, 5.41) is 12.1. The maximum atomic E-state index is 13.7. The Morgan fingerprint density at radius 1 is 1.25 bits per heavy atom. The van der Waals surface area contributed by atoms with Crippen LogP contribution < -0.4 is 10.1 Å². The van der Waals surface area contributed by atoms with Crippen molar-refractivity contribution < 1.29 is 13.9 Å². The smallest absolute Gasteiger partial charge is 0.234 e. The molecule has 3 aromatic rings. The summed E-state index contributed by atoms with van der Waals surface area (Å²) in [6.07, 6.45) is 0. The van der Waals surface area contributed by atoms with Gasteiger partial charge in [-0.05, 0) is 37.3 Å². The first-order chi connectivity index (χ1) is 13.6. The number of nitrogens with zero attached hydrogens (tertiary/aromatic N) is 3. The van der Waals surface area contributed by atoms with Crippen LogP contribution in [0.5, 0.6) is 5.75 Å². The minimum atomic E-state index is -0.433. The van der Waals surface area contributed by atoms with Crippen LogP contribution in [0.25, 0.3) is 0 Å². The van der Waals surface area contributed by atoms with Crippen molar-refractivity contribution in [3.8, 4) is 5.75 Å². The van der Waals surface area contributed by atoms with E-state index in [2.05, 4.69) is 15.5 Å². The Morgan fingerprint density at radius 3 is 2.82 bits per heavy atom. The first-order valence-corrected chi connectivity index (χ1v) is 9.90. The molecule has 0 aliphatic heterocycles. The molecule has 1 heterocycles. The van der Waals surface area contributed by atoms with Crippen LogP contribution in [-0.4, -0.2) is 26.4 Å². The molecule has 0 saturated heterocycles. The summed E-state index contributed by atoms with van der Waals surface area (Å²) in [7, 11) is 0. The number of hydrogen-bond acceptors (Lipinski definition) is 5. The summed E-state index contributed by atoms with van der Waals surface area (Å²) in [6, 6.07) is 13.1. The first kappa shape index (κ1) is 20.2. The molecule has 146 valence electrons. The third-order valence-electron chi connectivity index (χ3n) is 3.74. The molecule has 0 radical (unpaired) electrons. The van der Waals surface area contributed by atoms with Gasteiger partial charge in [0.2, 0.25) is 5.91 Å². The van der Waals surface area contributed by atoms with E-state index < -0.39 is 5.82 Å². The number of aromatic nitrogens is 3. The van der Waals surface area contributed by atoms with Crippen molar-refractivity contribution in [2.75, 3.05) is 11.1 Å². The molecule has 6 nitrogen and oxygen atoms in total. The SMILES string of the molecule is CCn1c(COc2ccccc2F)nnc1SCC(=O)Nc1cccc(Cl)c1. The van der Waals surface area contributed by atoms with Crippen LogP contribution >= 0.6 is 23.4 Å². The Bertz CT molecular complexity index is 967. The van der Waals surface area contributed by atoms with E-state index in [0.717, 1.165) is 0 Å². The molecule has 0 saturated carbocycles. The third kappa shape index (κ3) is 5.24. The van der Waals surface area contributed by atoms with Gasteiger partial charge in [-0.25, -0.2) is 4.39 Å². The maximum absolute atomic E-state index is 13.7. The fourth-order valence-corrected chi connectivity index (χ4v) is 3.46. The summed E-state index contributed by atoms with van der Waals surface area (Å²) >= 11 is 7.18. The number of rotatable bonds is 8. The quantitative estimate of drug-likeness (QED) is 0.547. The van der Waals surface area contributed by atoms with Gasteiger partial charge in [0.1, 0.15) is 6.61 Å². The van der Waals surface area contributed by atoms with Crippen molar-refractivity contribution in [3.63, 3.8) is 0 Å². The van der Waals surface area contributed by atoms with Gasteiger partial charge in [0.15, 0.2) is 22.5 Å². The number of halogens is 2. The van der Waals surface area contributed by atoms with E-state index in [9.17, 15) is 9.18 Å². The van der Waals surface area contributed by atoms with E-state index in [1.165, 1.54) is 17.8 Å². The molecule has 3 rings (SSSR count). The Kier molecular flexibility index (Phi) is 6.89. The van der Waals surface area contributed by atoms with Gasteiger partial charge in [0.25, 0.3) is 0 Å². The zero-order valence-corrected chi connectivity index (χ0v) is 16.6. The average Bonchev–Trinajstić information content (AvgIpc) is 3.07. The number of carbonyl (C=O) groups excluding carboxylic acids is 1. The van der Waals surface area contributed by atoms with Crippen molar-refractivity contribution in [1.82, 2.24) is 14.8 Å². The highest BCUT2D eigenvalue weighted by Gasteiger charge is 2.14. The summed E-state index contributed by atoms with van der Waals surface area (Å²) in [4.78, 5) is 12.2. The van der Waals surface area contributed by atoms with Gasteiger partial charge in [-0.15, -0.1) is 10.2 Å². The first-order valence-electron chi connectivity index (χ1n) is 8.54. The molecule has 1 N–H and O–H groups in total. The minimum Gasteiger partial charge on any atom is -0.483 e. The molecule has 0 spiro atoms. The minimum absolute atomic E-state index is 0.0804. The molecule has 9 heteroatoms. The summed E-state index contributed by atoms with van der Waals surface area (Å²) in [6.45, 7) is 2.62. The highest BCUT2D eigenvalue weighted by atomic mass is 35.5. The molecule has 0 aliphatic rings. The van der Waals surface area contributed by atoms with Gasteiger partial charge < -0.3 is 14.6 Å². The monoisotopic (exact) mass is 420 g/mol. The van der Waals surface area contributed by atoms with Gasteiger partial charge >= 0.3 is 0 Å². The van der Waals surface area contributed by atoms with Crippen molar-refractivity contribution in [1.29, 1.82) is 0 Å². The summed E-state index contributed by atoms with van der Waals surface area (Å²) < 4.78 is 21.0. The number of amides is 1. The molecular formula is C19H18ClFN4O2S. The Morgan fingerprint density at radius 2 is 2.07 bits per heavy atom. The molecule has 1 amide bonds. The number of benzene rings is 2. The predicted octanol–water partition coefficient (Wildman–Crippen LogP) is 4.40. The zero-order valence-electron chi connectivity index (χ0n) is 15.1. The summed E-state index contributed by atoms with van der Waals surface area (Å²) in [5.74, 6) is 0.268. The van der Waals surface area contributed by atoms with Crippen molar-refractivity contribution in [2.24, 2.45) is 0 Å². The van der Waals surface area contributed by atoms with Crippen molar-refractivity contribution in [2.45, 2.75) is 25.2 Å². The van der Waals surface area contributed by atoms with Crippen LogP contribution in [0.2, 0.25) is 5.02 Å². The van der Waals surface area contributed by atoms with Crippen molar-refractivity contribution in [3.05, 3.63) is 65.2 Å². The molecule has 28 heavy (non-hydrogen) atoms. The molecular weight excluding hydrogens is 403 g/mol. The molecule has 0 fully saturated rings. The number of nitrogens with one attached hydrogen (secondary N) is 1. The number of hydrogen-bond donors (Lipinski definition) is 1. The highest BCUT2D eigenvalue weighted by Crippen LogP contribution is 2.21. The predicted molar refractivity (Wildman–Crippen MR) is 107 cm³/mol. The topological polar surface area (TPSA) is 69.0 Å². The van der Waals surface area contributed by atoms with E-state index in [4.69, 9.17) is 16.3 Å². The average molecular weight is 421 g/mol. The van der Waals surface area contributed by atoms with Gasteiger partial charge in [-0.1, -0.05) is 41.6 Å². The highest BCUT2D eigenvalue weighted by molar-refractivity contribution is 7.99. The van der Waals surface area contributed by atoms with Gasteiger partial charge in [-0.3, -0.25) is 4.79 Å². The lowest BCUT2D eigenvalue weighted by Gasteiger charge is -2.09. The van der Waals surface area contributed by atoms with E-state index >= 15 is 0 Å². The van der Waals surface area contributed by atoms with Crippen molar-refractivity contribution >= 4 is 35.0 Å². The van der Waals surface area contributed by atoms with Gasteiger partial charge in [0.05, 0.1) is 5.75 Å². The second kappa shape index (κ2) is 9.57. The molecule has 0 unspecified atom stereocenters. The van der Waals surface area contributed by atoms with Gasteiger partial charge in [-0.2, -0.15) is 0 Å². The maximum Gasteiger partial charge on any atom is 0.234 e.